The molecule has 6 nitrogen and oxygen atoms in total. The van der Waals surface area contributed by atoms with Crippen LogP contribution in [0.15, 0.2) is 36.4 Å². The molecule has 2 rings (SSSR count). The first-order chi connectivity index (χ1) is 14.5. The molecule has 0 fully saturated rings. The zero-order valence-electron chi connectivity index (χ0n) is 18.0. The Labute approximate surface area is 177 Å². The standard InChI is InChI=1S/C24H27NO5/c1-6-17(7-2)24(26)30-21-10-8-16(13-22(21)28-4)12-19(15-25)18-9-11-20(27-3)23(14-18)29-5/h8-14,17H,6-7H2,1-5H3/b19-12-. The molecular formula is C24H27NO5. The molecule has 0 atom stereocenters. The smallest absolute Gasteiger partial charge is 0.314 e. The van der Waals surface area contributed by atoms with Crippen LogP contribution in [0.2, 0.25) is 0 Å². The second kappa shape index (κ2) is 10.9. The number of nitriles is 1. The lowest BCUT2D eigenvalue weighted by Crippen LogP contribution is -2.19. The molecular weight excluding hydrogens is 382 g/mol. The number of hydrogen-bond donors (Lipinski definition) is 0. The zero-order valence-corrected chi connectivity index (χ0v) is 18.0. The summed E-state index contributed by atoms with van der Waals surface area (Å²) in [4.78, 5) is 12.3. The predicted molar refractivity (Wildman–Crippen MR) is 116 cm³/mol. The van der Waals surface area contributed by atoms with E-state index >= 15 is 0 Å². The fourth-order valence-electron chi connectivity index (χ4n) is 3.02. The van der Waals surface area contributed by atoms with Crippen LogP contribution in [0.1, 0.15) is 37.8 Å². The van der Waals surface area contributed by atoms with Gasteiger partial charge in [0, 0.05) is 0 Å². The Balaban J connectivity index is 2.36. The first kappa shape index (κ1) is 22.8. The molecule has 30 heavy (non-hydrogen) atoms. The number of benzene rings is 2. The minimum atomic E-state index is -0.273. The molecule has 0 aliphatic carbocycles. The van der Waals surface area contributed by atoms with E-state index in [4.69, 9.17) is 18.9 Å². The van der Waals surface area contributed by atoms with Gasteiger partial charge in [0.05, 0.1) is 38.9 Å². The van der Waals surface area contributed by atoms with E-state index in [1.807, 2.05) is 13.8 Å². The second-order valence-corrected chi connectivity index (χ2v) is 6.58. The highest BCUT2D eigenvalue weighted by atomic mass is 16.6. The molecule has 0 aliphatic rings. The Kier molecular flexibility index (Phi) is 8.30. The maximum absolute atomic E-state index is 12.3. The average Bonchev–Trinajstić information content (AvgIpc) is 2.78. The van der Waals surface area contributed by atoms with Crippen molar-refractivity contribution in [2.75, 3.05) is 21.3 Å². The third-order valence-corrected chi connectivity index (χ3v) is 4.84. The second-order valence-electron chi connectivity index (χ2n) is 6.58. The van der Waals surface area contributed by atoms with Crippen LogP contribution in [0.5, 0.6) is 23.0 Å². The molecule has 6 heteroatoms. The van der Waals surface area contributed by atoms with Crippen molar-refractivity contribution in [1.82, 2.24) is 0 Å². The highest BCUT2D eigenvalue weighted by Crippen LogP contribution is 2.33. The van der Waals surface area contributed by atoms with Gasteiger partial charge in [-0.3, -0.25) is 4.79 Å². The van der Waals surface area contributed by atoms with Gasteiger partial charge in [-0.05, 0) is 60.4 Å². The van der Waals surface area contributed by atoms with Crippen LogP contribution in [0.4, 0.5) is 0 Å². The number of rotatable bonds is 9. The SMILES string of the molecule is CCC(CC)C(=O)Oc1ccc(/C=C(/C#N)c2ccc(OC)c(OC)c2)cc1OC. The monoisotopic (exact) mass is 409 g/mol. The molecule has 0 radical (unpaired) electrons. The summed E-state index contributed by atoms with van der Waals surface area (Å²) in [6, 6.07) is 12.7. The lowest BCUT2D eigenvalue weighted by molar-refractivity contribution is -0.139. The maximum Gasteiger partial charge on any atom is 0.314 e. The molecule has 0 heterocycles. The van der Waals surface area contributed by atoms with Crippen molar-refractivity contribution in [3.63, 3.8) is 0 Å². The van der Waals surface area contributed by atoms with E-state index in [9.17, 15) is 10.1 Å². The summed E-state index contributed by atoms with van der Waals surface area (Å²) in [5, 5.41) is 9.66. The quantitative estimate of drug-likeness (QED) is 0.248. The largest absolute Gasteiger partial charge is 0.493 e. The van der Waals surface area contributed by atoms with Gasteiger partial charge in [0.1, 0.15) is 0 Å². The van der Waals surface area contributed by atoms with Gasteiger partial charge in [0.25, 0.3) is 0 Å². The summed E-state index contributed by atoms with van der Waals surface area (Å²) in [6.07, 6.45) is 3.17. The van der Waals surface area contributed by atoms with Gasteiger partial charge >= 0.3 is 5.97 Å². The topological polar surface area (TPSA) is 77.8 Å². The summed E-state index contributed by atoms with van der Waals surface area (Å²) >= 11 is 0. The Morgan fingerprint density at radius 3 is 2.10 bits per heavy atom. The lowest BCUT2D eigenvalue weighted by Gasteiger charge is -2.14. The fourth-order valence-corrected chi connectivity index (χ4v) is 3.02. The van der Waals surface area contributed by atoms with Gasteiger partial charge in [-0.15, -0.1) is 0 Å². The van der Waals surface area contributed by atoms with Crippen LogP contribution in [0, 0.1) is 17.2 Å². The molecule has 158 valence electrons. The highest BCUT2D eigenvalue weighted by molar-refractivity contribution is 5.90. The first-order valence-corrected chi connectivity index (χ1v) is 9.75. The molecule has 0 aromatic heterocycles. The van der Waals surface area contributed by atoms with Gasteiger partial charge in [0.2, 0.25) is 0 Å². The zero-order chi connectivity index (χ0) is 22.1. The molecule has 0 spiro atoms. The van der Waals surface area contributed by atoms with E-state index < -0.39 is 0 Å². The van der Waals surface area contributed by atoms with E-state index in [0.29, 0.717) is 34.1 Å². The van der Waals surface area contributed by atoms with Crippen molar-refractivity contribution >= 4 is 17.6 Å². The summed E-state index contributed by atoms with van der Waals surface area (Å²) in [7, 11) is 4.61. The highest BCUT2D eigenvalue weighted by Gasteiger charge is 2.18. The Bertz CT molecular complexity index is 955. The van der Waals surface area contributed by atoms with Crippen molar-refractivity contribution in [3.05, 3.63) is 47.5 Å². The van der Waals surface area contributed by atoms with Crippen LogP contribution in [-0.4, -0.2) is 27.3 Å². The van der Waals surface area contributed by atoms with E-state index in [-0.39, 0.29) is 11.9 Å². The van der Waals surface area contributed by atoms with E-state index in [1.54, 1.807) is 56.7 Å². The van der Waals surface area contributed by atoms with Crippen LogP contribution in [-0.2, 0) is 4.79 Å². The number of ether oxygens (including phenoxy) is 4. The van der Waals surface area contributed by atoms with Crippen molar-refractivity contribution < 1.29 is 23.7 Å². The molecule has 0 aliphatic heterocycles. The Morgan fingerprint density at radius 1 is 0.933 bits per heavy atom. The summed E-state index contributed by atoms with van der Waals surface area (Å²) < 4.78 is 21.5. The molecule has 0 unspecified atom stereocenters. The van der Waals surface area contributed by atoms with Gasteiger partial charge in [-0.25, -0.2) is 0 Å². The predicted octanol–water partition coefficient (Wildman–Crippen LogP) is 5.12. The van der Waals surface area contributed by atoms with Gasteiger partial charge < -0.3 is 18.9 Å². The van der Waals surface area contributed by atoms with E-state index in [1.165, 1.54) is 7.11 Å². The minimum Gasteiger partial charge on any atom is -0.493 e. The van der Waals surface area contributed by atoms with Crippen LogP contribution >= 0.6 is 0 Å². The summed E-state index contributed by atoms with van der Waals surface area (Å²) in [5.74, 6) is 1.49. The van der Waals surface area contributed by atoms with Crippen molar-refractivity contribution in [2.45, 2.75) is 26.7 Å². The molecule has 0 amide bonds. The number of esters is 1. The molecule has 0 saturated carbocycles. The lowest BCUT2D eigenvalue weighted by atomic mass is 10.0. The number of carbonyl (C=O) groups is 1. The van der Waals surface area contributed by atoms with Gasteiger partial charge in [0.15, 0.2) is 23.0 Å². The fraction of sp³-hybridized carbons (Fsp3) is 0.333. The van der Waals surface area contributed by atoms with Crippen molar-refractivity contribution in [2.24, 2.45) is 5.92 Å². The number of nitrogens with zero attached hydrogens (tertiary/aromatic N) is 1. The number of hydrogen-bond acceptors (Lipinski definition) is 6. The molecule has 0 bridgehead atoms. The third kappa shape index (κ3) is 5.32. The Hall–Kier alpha value is -3.46. The third-order valence-electron chi connectivity index (χ3n) is 4.84. The van der Waals surface area contributed by atoms with Crippen LogP contribution in [0.3, 0.4) is 0 Å². The maximum atomic E-state index is 12.3. The van der Waals surface area contributed by atoms with Crippen molar-refractivity contribution in [1.29, 1.82) is 5.26 Å². The van der Waals surface area contributed by atoms with E-state index in [2.05, 4.69) is 6.07 Å². The van der Waals surface area contributed by atoms with Crippen LogP contribution < -0.4 is 18.9 Å². The molecule has 2 aromatic carbocycles. The number of carbonyl (C=O) groups excluding carboxylic acids is 1. The van der Waals surface area contributed by atoms with Crippen LogP contribution in [0.25, 0.3) is 11.6 Å². The molecule has 0 N–H and O–H groups in total. The first-order valence-electron chi connectivity index (χ1n) is 9.75. The number of methoxy groups -OCH3 is 3. The Morgan fingerprint density at radius 2 is 1.53 bits per heavy atom. The van der Waals surface area contributed by atoms with Gasteiger partial charge in [-0.2, -0.15) is 5.26 Å². The number of allylic oxidation sites excluding steroid dienone is 1. The molecule has 2 aromatic rings. The van der Waals surface area contributed by atoms with E-state index in [0.717, 1.165) is 18.4 Å². The summed E-state index contributed by atoms with van der Waals surface area (Å²) in [5.41, 5.74) is 1.87. The van der Waals surface area contributed by atoms with Gasteiger partial charge in [-0.1, -0.05) is 19.9 Å². The normalized spacial score (nSPS) is 11.0. The molecule has 0 saturated heterocycles. The summed E-state index contributed by atoms with van der Waals surface area (Å²) in [6.45, 7) is 3.91. The van der Waals surface area contributed by atoms with Crippen molar-refractivity contribution in [3.8, 4) is 29.1 Å². The minimum absolute atomic E-state index is 0.149. The average molecular weight is 409 g/mol.